The van der Waals surface area contributed by atoms with E-state index in [4.69, 9.17) is 5.11 Å². The van der Waals surface area contributed by atoms with Crippen LogP contribution in [0, 0.1) is 17.7 Å². The second kappa shape index (κ2) is 9.98. The monoisotopic (exact) mass is 506 g/mol. The second-order valence-electron chi connectivity index (χ2n) is 4.69. The van der Waals surface area contributed by atoms with Crippen LogP contribution in [0.15, 0.2) is 60.9 Å². The van der Waals surface area contributed by atoms with Gasteiger partial charge in [-0.25, -0.2) is 0 Å². The first-order valence-corrected chi connectivity index (χ1v) is 6.95. The Hall–Kier alpha value is -2.01. The van der Waals surface area contributed by atoms with Crippen LogP contribution in [0.25, 0.3) is 11.3 Å². The van der Waals surface area contributed by atoms with Crippen molar-refractivity contribution < 1.29 is 34.0 Å². The first kappa shape index (κ1) is 20.0. The number of hydrogen-bond acceptors (Lipinski definition) is 3. The first-order valence-electron chi connectivity index (χ1n) is 6.95. The molecule has 1 atom stereocenters. The third kappa shape index (κ3) is 5.89. The van der Waals surface area contributed by atoms with E-state index in [0.717, 1.165) is 17.8 Å². The van der Waals surface area contributed by atoms with Crippen molar-refractivity contribution in [3.8, 4) is 11.3 Å². The van der Waals surface area contributed by atoms with Crippen LogP contribution in [-0.2, 0) is 20.1 Å². The van der Waals surface area contributed by atoms with E-state index >= 15 is 0 Å². The molecule has 0 saturated heterocycles. The van der Waals surface area contributed by atoms with E-state index in [1.54, 1.807) is 43.6 Å². The fourth-order valence-corrected chi connectivity index (χ4v) is 1.77. The number of pyridine rings is 2. The van der Waals surface area contributed by atoms with E-state index in [-0.39, 0.29) is 25.7 Å². The fourth-order valence-electron chi connectivity index (χ4n) is 1.77. The van der Waals surface area contributed by atoms with Crippen molar-refractivity contribution in [2.45, 2.75) is 13.0 Å². The van der Waals surface area contributed by atoms with E-state index < -0.39 is 17.7 Å². The Bertz CT molecular complexity index is 741. The molecule has 2 aromatic heterocycles. The van der Waals surface area contributed by atoms with Crippen molar-refractivity contribution >= 4 is 0 Å². The van der Waals surface area contributed by atoms with Gasteiger partial charge in [-0.15, -0.1) is 12.1 Å². The van der Waals surface area contributed by atoms with Crippen LogP contribution in [0.4, 0.5) is 8.78 Å². The van der Waals surface area contributed by atoms with Gasteiger partial charge >= 0.3 is 0 Å². The van der Waals surface area contributed by atoms with Crippen molar-refractivity contribution in [3.63, 3.8) is 0 Å². The van der Waals surface area contributed by atoms with Gasteiger partial charge in [0.1, 0.15) is 0 Å². The molecule has 0 spiro atoms. The van der Waals surface area contributed by atoms with Gasteiger partial charge in [-0.1, -0.05) is 29.8 Å². The summed E-state index contributed by atoms with van der Waals surface area (Å²) in [5.74, 6) is -1.29. The molecule has 1 unspecified atom stereocenters. The maximum Gasteiger partial charge on any atom is 0.0931 e. The van der Waals surface area contributed by atoms with E-state index in [0.29, 0.717) is 5.69 Å². The molecule has 0 fully saturated rings. The minimum absolute atomic E-state index is 0. The van der Waals surface area contributed by atoms with E-state index in [9.17, 15) is 8.78 Å². The summed E-state index contributed by atoms with van der Waals surface area (Å²) >= 11 is 0. The number of halogens is 2. The van der Waals surface area contributed by atoms with Gasteiger partial charge in [-0.05, 0) is 30.8 Å². The molecule has 3 nitrogen and oxygen atoms in total. The van der Waals surface area contributed by atoms with Gasteiger partial charge in [-0.2, -0.15) is 0 Å². The van der Waals surface area contributed by atoms with Crippen LogP contribution in [0.2, 0.25) is 0 Å². The number of aliphatic hydroxyl groups is 1. The van der Waals surface area contributed by atoms with Crippen molar-refractivity contribution in [2.75, 3.05) is 0 Å². The molecule has 1 N–H and O–H groups in total. The quantitative estimate of drug-likeness (QED) is 0.537. The molecular weight excluding hydrogens is 490 g/mol. The molecule has 2 heterocycles. The van der Waals surface area contributed by atoms with Crippen LogP contribution in [-0.4, -0.2) is 15.1 Å². The molecule has 1 radical (unpaired) electrons. The zero-order chi connectivity index (χ0) is 16.7. The topological polar surface area (TPSA) is 46.0 Å². The maximum absolute atomic E-state index is 13.2. The van der Waals surface area contributed by atoms with Gasteiger partial charge < -0.3 is 10.1 Å². The number of aromatic nitrogens is 2. The molecule has 0 aliphatic heterocycles. The smallest absolute Gasteiger partial charge is 0.0931 e. The van der Waals surface area contributed by atoms with Gasteiger partial charge in [0.2, 0.25) is 0 Å². The minimum Gasteiger partial charge on any atom is -0.387 e. The SMILES string of the molecule is CC(O)c1ccccn1.Fc1c[c-]c(-c2ccccn2)c(F)c1.[Ir]. The molecular formula is C18H15F2IrN2O-. The number of rotatable bonds is 2. The number of aliphatic hydroxyl groups excluding tert-OH is 1. The average molecular weight is 506 g/mol. The predicted molar refractivity (Wildman–Crippen MR) is 83.3 cm³/mol. The Kier molecular flexibility index (Phi) is 8.33. The maximum atomic E-state index is 13.2. The molecule has 0 bridgehead atoms. The van der Waals surface area contributed by atoms with Gasteiger partial charge in [-0.3, -0.25) is 13.8 Å². The van der Waals surface area contributed by atoms with E-state index in [2.05, 4.69) is 16.0 Å². The Balaban J connectivity index is 0.000000252. The second-order valence-corrected chi connectivity index (χ2v) is 4.69. The summed E-state index contributed by atoms with van der Waals surface area (Å²) in [7, 11) is 0. The van der Waals surface area contributed by atoms with Crippen molar-refractivity contribution in [1.29, 1.82) is 0 Å². The standard InChI is InChI=1S/C11H6F2N.C7H9NO.Ir/c12-8-4-5-9(10(13)7-8)11-3-1-2-6-14-11;1-6(9)7-4-2-3-5-8-7;/h1-4,6-7H;2-6,9H,1H3;/q-1;;. The minimum atomic E-state index is -0.649. The normalized spacial score (nSPS) is 10.8. The zero-order valence-corrected chi connectivity index (χ0v) is 15.2. The molecule has 3 aromatic rings. The van der Waals surface area contributed by atoms with Gasteiger partial charge in [0.15, 0.2) is 0 Å². The summed E-state index contributed by atoms with van der Waals surface area (Å²) in [6, 6.07) is 15.0. The molecule has 3 rings (SSSR count). The molecule has 0 aliphatic rings. The summed E-state index contributed by atoms with van der Waals surface area (Å²) in [4.78, 5) is 7.87. The molecule has 0 saturated carbocycles. The van der Waals surface area contributed by atoms with Crippen LogP contribution in [0.1, 0.15) is 18.7 Å². The van der Waals surface area contributed by atoms with Crippen LogP contribution < -0.4 is 0 Å². The summed E-state index contributed by atoms with van der Waals surface area (Å²) in [5.41, 5.74) is 1.36. The molecule has 24 heavy (non-hydrogen) atoms. The molecule has 0 aliphatic carbocycles. The van der Waals surface area contributed by atoms with Gasteiger partial charge in [0, 0.05) is 44.1 Å². The Morgan fingerprint density at radius 3 is 2.17 bits per heavy atom. The third-order valence-corrected chi connectivity index (χ3v) is 2.89. The first-order chi connectivity index (χ1) is 11.1. The largest absolute Gasteiger partial charge is 0.387 e. The predicted octanol–water partition coefficient (Wildman–Crippen LogP) is 3.96. The Morgan fingerprint density at radius 1 is 1.04 bits per heavy atom. The number of hydrogen-bond donors (Lipinski definition) is 1. The van der Waals surface area contributed by atoms with Gasteiger partial charge in [0.05, 0.1) is 11.8 Å². The Labute approximate surface area is 152 Å². The summed E-state index contributed by atoms with van der Waals surface area (Å²) < 4.78 is 25.8. The Morgan fingerprint density at radius 2 is 1.71 bits per heavy atom. The number of nitrogens with zero attached hydrogens (tertiary/aromatic N) is 2. The van der Waals surface area contributed by atoms with Crippen molar-refractivity contribution in [1.82, 2.24) is 9.97 Å². The van der Waals surface area contributed by atoms with E-state index in [1.807, 2.05) is 12.1 Å². The third-order valence-electron chi connectivity index (χ3n) is 2.89. The van der Waals surface area contributed by atoms with Crippen molar-refractivity contribution in [3.05, 3.63) is 84.3 Å². The average Bonchev–Trinajstić information content (AvgIpc) is 2.57. The molecule has 1 aromatic carbocycles. The fraction of sp³-hybridized carbons (Fsp3) is 0.111. The molecule has 0 amide bonds. The van der Waals surface area contributed by atoms with Crippen LogP contribution >= 0.6 is 0 Å². The van der Waals surface area contributed by atoms with Gasteiger partial charge in [0.25, 0.3) is 0 Å². The summed E-state index contributed by atoms with van der Waals surface area (Å²) in [5, 5.41) is 8.96. The molecule has 6 heteroatoms. The van der Waals surface area contributed by atoms with Crippen LogP contribution in [0.5, 0.6) is 0 Å². The molecule has 127 valence electrons. The van der Waals surface area contributed by atoms with E-state index in [1.165, 1.54) is 0 Å². The number of benzene rings is 1. The summed E-state index contributed by atoms with van der Waals surface area (Å²) in [6.45, 7) is 1.70. The summed E-state index contributed by atoms with van der Waals surface area (Å²) in [6.07, 6.45) is 2.76. The van der Waals surface area contributed by atoms with Crippen molar-refractivity contribution in [2.24, 2.45) is 0 Å². The zero-order valence-electron chi connectivity index (χ0n) is 12.8. The van der Waals surface area contributed by atoms with Crippen LogP contribution in [0.3, 0.4) is 0 Å².